The molecule has 4 amide bonds. The molecule has 2 aliphatic rings. The van der Waals surface area contributed by atoms with Gasteiger partial charge < -0.3 is 22.1 Å². The second-order valence-corrected chi connectivity index (χ2v) is 16.2. The third-order valence-electron chi connectivity index (χ3n) is 10.6. The summed E-state index contributed by atoms with van der Waals surface area (Å²) < 4.78 is 0. The number of carbonyl (C=O) groups excluding carboxylic acids is 4. The number of thiophene rings is 2. The molecule has 2 aliphatic carbocycles. The Bertz CT molecular complexity index is 1310. The lowest BCUT2D eigenvalue weighted by Gasteiger charge is -2.36. The van der Waals surface area contributed by atoms with Gasteiger partial charge in [0.05, 0.1) is 11.1 Å². The zero-order valence-corrected chi connectivity index (χ0v) is 28.9. The lowest BCUT2D eigenvalue weighted by Crippen LogP contribution is -2.29. The Balaban J connectivity index is 1.31. The van der Waals surface area contributed by atoms with Crippen LogP contribution in [0.5, 0.6) is 0 Å². The summed E-state index contributed by atoms with van der Waals surface area (Å²) in [6, 6.07) is 0. The highest BCUT2D eigenvalue weighted by Crippen LogP contribution is 2.47. The van der Waals surface area contributed by atoms with Gasteiger partial charge in [0.1, 0.15) is 10.0 Å². The minimum Gasteiger partial charge on any atom is -0.365 e. The number of nitrogens with two attached hydrogens (primary N) is 2. The van der Waals surface area contributed by atoms with E-state index < -0.39 is 11.8 Å². The van der Waals surface area contributed by atoms with Crippen LogP contribution in [-0.2, 0) is 35.3 Å². The number of nitrogens with one attached hydrogen (secondary N) is 2. The molecule has 2 aromatic rings. The molecule has 10 heteroatoms. The molecule has 2 atom stereocenters. The number of hydrogen-bond donors (Lipinski definition) is 4. The first kappa shape index (κ1) is 34.2. The van der Waals surface area contributed by atoms with Gasteiger partial charge in [-0.25, -0.2) is 0 Å². The van der Waals surface area contributed by atoms with Crippen molar-refractivity contribution >= 4 is 56.3 Å². The fourth-order valence-electron chi connectivity index (χ4n) is 6.73. The van der Waals surface area contributed by atoms with E-state index in [1.165, 1.54) is 22.7 Å². The van der Waals surface area contributed by atoms with Crippen molar-refractivity contribution in [1.82, 2.24) is 0 Å². The van der Waals surface area contributed by atoms with E-state index in [1.807, 2.05) is 0 Å². The Labute approximate surface area is 270 Å². The predicted molar refractivity (Wildman–Crippen MR) is 181 cm³/mol. The van der Waals surface area contributed by atoms with E-state index in [-0.39, 0.29) is 35.5 Å². The molecule has 0 radical (unpaired) electrons. The van der Waals surface area contributed by atoms with Gasteiger partial charge in [0, 0.05) is 22.6 Å². The van der Waals surface area contributed by atoms with Crippen LogP contribution in [0.4, 0.5) is 10.0 Å². The maximum atomic E-state index is 12.8. The first-order valence-corrected chi connectivity index (χ1v) is 17.8. The van der Waals surface area contributed by atoms with Crippen LogP contribution in [0, 0.1) is 22.7 Å². The third kappa shape index (κ3) is 7.39. The maximum Gasteiger partial charge on any atom is 0.251 e. The Hall–Kier alpha value is -2.72. The van der Waals surface area contributed by atoms with Gasteiger partial charge in [-0.1, -0.05) is 54.4 Å². The van der Waals surface area contributed by atoms with Crippen molar-refractivity contribution in [2.75, 3.05) is 10.6 Å². The summed E-state index contributed by atoms with van der Waals surface area (Å²) in [6.45, 7) is 13.6. The highest BCUT2D eigenvalue weighted by atomic mass is 32.1. The van der Waals surface area contributed by atoms with Crippen molar-refractivity contribution in [2.45, 2.75) is 119 Å². The lowest BCUT2D eigenvalue weighted by molar-refractivity contribution is -0.118. The Morgan fingerprint density at radius 1 is 0.705 bits per heavy atom. The number of carbonyl (C=O) groups is 4. The zero-order chi connectivity index (χ0) is 32.4. The molecule has 44 heavy (non-hydrogen) atoms. The predicted octanol–water partition coefficient (Wildman–Crippen LogP) is 7.23. The van der Waals surface area contributed by atoms with Gasteiger partial charge in [0.25, 0.3) is 11.8 Å². The molecule has 0 saturated heterocycles. The summed E-state index contributed by atoms with van der Waals surface area (Å²) in [6.07, 6.45) is 9.06. The van der Waals surface area contributed by atoms with Crippen LogP contribution in [-0.4, -0.2) is 23.6 Å². The monoisotopic (exact) mass is 642 g/mol. The molecule has 8 nitrogen and oxygen atoms in total. The highest BCUT2D eigenvalue weighted by Gasteiger charge is 2.36. The Kier molecular flexibility index (Phi) is 10.7. The fraction of sp³-hybridized carbons (Fsp3) is 0.647. The zero-order valence-electron chi connectivity index (χ0n) is 27.2. The van der Waals surface area contributed by atoms with E-state index in [2.05, 4.69) is 52.2 Å². The summed E-state index contributed by atoms with van der Waals surface area (Å²) >= 11 is 2.96. The van der Waals surface area contributed by atoms with Crippen LogP contribution in [0.3, 0.4) is 0 Å². The van der Waals surface area contributed by atoms with Gasteiger partial charge in [0.15, 0.2) is 0 Å². The molecule has 4 rings (SSSR count). The van der Waals surface area contributed by atoms with Crippen LogP contribution in [0.25, 0.3) is 0 Å². The quantitative estimate of drug-likeness (QED) is 0.171. The number of primary amides is 2. The van der Waals surface area contributed by atoms with E-state index in [1.54, 1.807) is 0 Å². The van der Waals surface area contributed by atoms with Crippen molar-refractivity contribution in [3.63, 3.8) is 0 Å². The van der Waals surface area contributed by atoms with Gasteiger partial charge in [0.2, 0.25) is 11.8 Å². The third-order valence-corrected chi connectivity index (χ3v) is 13.0. The highest BCUT2D eigenvalue weighted by molar-refractivity contribution is 7.17. The van der Waals surface area contributed by atoms with Gasteiger partial charge >= 0.3 is 0 Å². The average molecular weight is 643 g/mol. The van der Waals surface area contributed by atoms with Gasteiger partial charge in [-0.3, -0.25) is 19.2 Å². The molecule has 242 valence electrons. The van der Waals surface area contributed by atoms with Crippen molar-refractivity contribution in [3.05, 3.63) is 32.0 Å². The minimum absolute atomic E-state index is 0.191. The molecule has 0 fully saturated rings. The van der Waals surface area contributed by atoms with E-state index in [9.17, 15) is 19.2 Å². The van der Waals surface area contributed by atoms with Crippen molar-refractivity contribution < 1.29 is 19.2 Å². The molecule has 2 heterocycles. The summed E-state index contributed by atoms with van der Waals surface area (Å²) in [5.74, 6) is -0.335. The van der Waals surface area contributed by atoms with Crippen molar-refractivity contribution in [1.29, 1.82) is 0 Å². The van der Waals surface area contributed by atoms with Crippen molar-refractivity contribution in [2.24, 2.45) is 34.1 Å². The van der Waals surface area contributed by atoms with E-state index >= 15 is 0 Å². The molecular weight excluding hydrogens is 593 g/mol. The van der Waals surface area contributed by atoms with Gasteiger partial charge in [-0.15, -0.1) is 22.7 Å². The second-order valence-electron chi connectivity index (χ2n) is 14.0. The number of amides is 4. The van der Waals surface area contributed by atoms with Crippen LogP contribution < -0.4 is 22.1 Å². The van der Waals surface area contributed by atoms with E-state index in [4.69, 9.17) is 11.5 Å². The lowest BCUT2D eigenvalue weighted by atomic mass is 9.69. The van der Waals surface area contributed by atoms with E-state index in [0.29, 0.717) is 45.8 Å². The first-order chi connectivity index (χ1) is 20.7. The number of fused-ring (bicyclic) bond motifs is 2. The number of unbranched alkanes of at least 4 members (excludes halogenated alkanes) is 1. The SMILES string of the molecule is CCC(C)(C)[C@H]1CCc2c(sc(NC(=O)CCCCC(=O)Nc3sc4c(c3C(N)=O)CC[C@H](C(C)(C)CC)C4)c2C(N)=O)C1. The molecular formula is C34H50N4O4S2. The number of rotatable bonds is 13. The molecule has 0 aromatic carbocycles. The Morgan fingerprint density at radius 2 is 1.07 bits per heavy atom. The molecule has 6 N–H and O–H groups in total. The molecule has 0 bridgehead atoms. The Morgan fingerprint density at radius 3 is 1.39 bits per heavy atom. The molecule has 0 spiro atoms. The number of anilines is 2. The standard InChI is InChI=1S/C34H50N4O4S2/c1-7-33(3,4)19-13-15-21-23(17-19)43-31(27(21)29(35)41)37-25(39)11-9-10-12-26(40)38-32-28(30(36)42)22-16-14-20(18-24(22)44-32)34(5,6)8-2/h19-20H,7-18H2,1-6H3,(H2,35,41)(H2,36,42)(H,37,39)(H,38,40)/t19-,20-/m0/s1. The summed E-state index contributed by atoms with van der Waals surface area (Å²) in [4.78, 5) is 52.7. The van der Waals surface area contributed by atoms with Crippen LogP contribution in [0.1, 0.15) is 135 Å². The van der Waals surface area contributed by atoms with E-state index in [0.717, 1.165) is 72.2 Å². The average Bonchev–Trinajstić information content (AvgIpc) is 3.51. The molecule has 0 aliphatic heterocycles. The van der Waals surface area contributed by atoms with Gasteiger partial charge in [-0.2, -0.15) is 0 Å². The summed E-state index contributed by atoms with van der Waals surface area (Å²) in [5.41, 5.74) is 14.8. The normalized spacial score (nSPS) is 18.3. The van der Waals surface area contributed by atoms with Crippen LogP contribution in [0.2, 0.25) is 0 Å². The number of hydrogen-bond acceptors (Lipinski definition) is 6. The summed E-state index contributed by atoms with van der Waals surface area (Å²) in [5, 5.41) is 6.97. The molecule has 2 aromatic heterocycles. The van der Waals surface area contributed by atoms with Crippen LogP contribution >= 0.6 is 22.7 Å². The smallest absolute Gasteiger partial charge is 0.251 e. The molecule has 0 saturated carbocycles. The molecule has 0 unspecified atom stereocenters. The fourth-order valence-corrected chi connectivity index (χ4v) is 9.43. The maximum absolute atomic E-state index is 12.8. The summed E-state index contributed by atoms with van der Waals surface area (Å²) in [7, 11) is 0. The first-order valence-electron chi connectivity index (χ1n) is 16.2. The van der Waals surface area contributed by atoms with Crippen molar-refractivity contribution in [3.8, 4) is 0 Å². The van der Waals surface area contributed by atoms with Crippen LogP contribution in [0.15, 0.2) is 0 Å². The second kappa shape index (κ2) is 13.7. The minimum atomic E-state index is -0.502. The largest absolute Gasteiger partial charge is 0.365 e. The van der Waals surface area contributed by atoms with Gasteiger partial charge in [-0.05, 0) is 85.2 Å². The topological polar surface area (TPSA) is 144 Å².